The highest BCUT2D eigenvalue weighted by molar-refractivity contribution is 6.31. The predicted molar refractivity (Wildman–Crippen MR) is 106 cm³/mol. The molecule has 0 aliphatic heterocycles. The van der Waals surface area contributed by atoms with Crippen molar-refractivity contribution < 1.29 is 19.5 Å². The number of carboxylic acid groups (broad SMARTS) is 1. The topological polar surface area (TPSA) is 95.5 Å². The maximum absolute atomic E-state index is 12.4. The molecule has 0 radical (unpaired) electrons. The Kier molecular flexibility index (Phi) is 6.96. The largest absolute Gasteiger partial charge is 0.478 e. The van der Waals surface area contributed by atoms with Crippen molar-refractivity contribution in [2.24, 2.45) is 5.92 Å². The second kappa shape index (κ2) is 9.19. The van der Waals surface area contributed by atoms with Crippen LogP contribution in [0.3, 0.4) is 0 Å². The van der Waals surface area contributed by atoms with E-state index in [2.05, 4.69) is 10.6 Å². The molecular weight excluding hydrogens is 368 g/mol. The van der Waals surface area contributed by atoms with Gasteiger partial charge in [0.25, 0.3) is 5.91 Å². The van der Waals surface area contributed by atoms with Crippen LogP contribution in [0.15, 0.2) is 42.5 Å². The molecule has 0 aliphatic carbocycles. The molecule has 2 aromatic rings. The van der Waals surface area contributed by atoms with Crippen LogP contribution >= 0.6 is 11.6 Å². The van der Waals surface area contributed by atoms with Crippen molar-refractivity contribution in [2.45, 2.75) is 26.7 Å². The Morgan fingerprint density at radius 1 is 1.00 bits per heavy atom. The minimum Gasteiger partial charge on any atom is -0.478 e. The number of halogens is 1. The van der Waals surface area contributed by atoms with Crippen molar-refractivity contribution >= 4 is 40.8 Å². The van der Waals surface area contributed by atoms with Crippen molar-refractivity contribution in [2.75, 3.05) is 10.6 Å². The van der Waals surface area contributed by atoms with Crippen LogP contribution in [0.25, 0.3) is 0 Å². The lowest BCUT2D eigenvalue weighted by molar-refractivity contribution is -0.120. The van der Waals surface area contributed by atoms with Gasteiger partial charge < -0.3 is 15.7 Å². The Morgan fingerprint density at radius 3 is 2.19 bits per heavy atom. The van der Waals surface area contributed by atoms with Gasteiger partial charge in [-0.3, -0.25) is 9.59 Å². The molecule has 2 amide bonds. The minimum absolute atomic E-state index is 0.0507. The van der Waals surface area contributed by atoms with E-state index in [4.69, 9.17) is 11.6 Å². The summed E-state index contributed by atoms with van der Waals surface area (Å²) in [5, 5.41) is 14.9. The van der Waals surface area contributed by atoms with Crippen LogP contribution in [0, 0.1) is 5.92 Å². The molecule has 7 heteroatoms. The smallest absolute Gasteiger partial charge is 0.337 e. The third-order valence-electron chi connectivity index (χ3n) is 4.23. The number of rotatable bonds is 7. The van der Waals surface area contributed by atoms with Gasteiger partial charge >= 0.3 is 5.97 Å². The third kappa shape index (κ3) is 5.31. The summed E-state index contributed by atoms with van der Waals surface area (Å²) in [5.74, 6) is -1.74. The molecular formula is C20H21ClN2O4. The van der Waals surface area contributed by atoms with Crippen LogP contribution in [0.4, 0.5) is 11.4 Å². The van der Waals surface area contributed by atoms with Gasteiger partial charge in [-0.05, 0) is 55.3 Å². The third-order valence-corrected chi connectivity index (χ3v) is 4.47. The van der Waals surface area contributed by atoms with E-state index in [-0.39, 0.29) is 23.1 Å². The van der Waals surface area contributed by atoms with E-state index in [1.54, 1.807) is 24.3 Å². The Bertz CT molecular complexity index is 846. The Balaban J connectivity index is 2.11. The molecule has 0 spiro atoms. The average molecular weight is 389 g/mol. The molecule has 6 nitrogen and oxygen atoms in total. The molecule has 0 aliphatic rings. The van der Waals surface area contributed by atoms with E-state index in [0.29, 0.717) is 16.3 Å². The molecule has 27 heavy (non-hydrogen) atoms. The van der Waals surface area contributed by atoms with Gasteiger partial charge in [-0.1, -0.05) is 25.4 Å². The molecule has 0 aromatic heterocycles. The highest BCUT2D eigenvalue weighted by atomic mass is 35.5. The van der Waals surface area contributed by atoms with Gasteiger partial charge in [0.15, 0.2) is 0 Å². The molecule has 2 rings (SSSR count). The fourth-order valence-corrected chi connectivity index (χ4v) is 2.78. The highest BCUT2D eigenvalue weighted by Crippen LogP contribution is 2.22. The molecule has 0 unspecified atom stereocenters. The molecule has 0 bridgehead atoms. The first-order valence-electron chi connectivity index (χ1n) is 8.60. The van der Waals surface area contributed by atoms with Crippen molar-refractivity contribution in [1.29, 1.82) is 0 Å². The standard InChI is InChI=1S/C20H21ClN2O4/c1-3-12(4-2)18(24)22-15-8-5-13(6-9-15)19(25)23-17-11-14(21)7-10-16(17)20(26)27/h5-12H,3-4H2,1-2H3,(H,22,24)(H,23,25)(H,26,27). The van der Waals surface area contributed by atoms with Crippen LogP contribution in [-0.2, 0) is 4.79 Å². The SMILES string of the molecule is CCC(CC)C(=O)Nc1ccc(C(=O)Nc2cc(Cl)ccc2C(=O)O)cc1. The summed E-state index contributed by atoms with van der Waals surface area (Å²) in [7, 11) is 0. The fourth-order valence-electron chi connectivity index (χ4n) is 2.61. The molecule has 0 heterocycles. The van der Waals surface area contributed by atoms with Crippen LogP contribution in [0.2, 0.25) is 5.02 Å². The fraction of sp³-hybridized carbons (Fsp3) is 0.250. The number of benzene rings is 2. The number of hydrogen-bond donors (Lipinski definition) is 3. The van der Waals surface area contributed by atoms with Gasteiger partial charge in [-0.2, -0.15) is 0 Å². The summed E-state index contributed by atoms with van der Waals surface area (Å²) in [4.78, 5) is 35.8. The summed E-state index contributed by atoms with van der Waals surface area (Å²) in [6.07, 6.45) is 1.52. The molecule has 3 N–H and O–H groups in total. The maximum atomic E-state index is 12.4. The van der Waals surface area contributed by atoms with Crippen molar-refractivity contribution in [3.8, 4) is 0 Å². The quantitative estimate of drug-likeness (QED) is 0.642. The lowest BCUT2D eigenvalue weighted by Gasteiger charge is -2.13. The molecule has 2 aromatic carbocycles. The lowest BCUT2D eigenvalue weighted by Crippen LogP contribution is -2.21. The van der Waals surface area contributed by atoms with Gasteiger partial charge in [0.05, 0.1) is 11.3 Å². The molecule has 0 fully saturated rings. The number of carbonyl (C=O) groups excluding carboxylic acids is 2. The van der Waals surface area contributed by atoms with Gasteiger partial charge in [-0.15, -0.1) is 0 Å². The number of aromatic carboxylic acids is 1. The number of carboxylic acids is 1. The van der Waals surface area contributed by atoms with E-state index < -0.39 is 11.9 Å². The summed E-state index contributed by atoms with van der Waals surface area (Å²) in [5.41, 5.74) is 0.984. The molecule has 0 atom stereocenters. The normalized spacial score (nSPS) is 10.5. The number of hydrogen-bond acceptors (Lipinski definition) is 3. The monoisotopic (exact) mass is 388 g/mol. The minimum atomic E-state index is -1.17. The Morgan fingerprint density at radius 2 is 1.63 bits per heavy atom. The zero-order valence-electron chi connectivity index (χ0n) is 15.1. The maximum Gasteiger partial charge on any atom is 0.337 e. The molecule has 0 saturated carbocycles. The highest BCUT2D eigenvalue weighted by Gasteiger charge is 2.16. The van der Waals surface area contributed by atoms with Gasteiger partial charge in [0.1, 0.15) is 0 Å². The first kappa shape index (κ1) is 20.5. The number of anilines is 2. The molecule has 142 valence electrons. The van der Waals surface area contributed by atoms with Crippen LogP contribution < -0.4 is 10.6 Å². The van der Waals surface area contributed by atoms with Gasteiger partial charge in [0, 0.05) is 22.2 Å². The Hall–Kier alpha value is -2.86. The predicted octanol–water partition coefficient (Wildman–Crippen LogP) is 4.67. The Labute approximate surface area is 162 Å². The van der Waals surface area contributed by atoms with Crippen molar-refractivity contribution in [3.05, 3.63) is 58.6 Å². The van der Waals surface area contributed by atoms with Crippen LogP contribution in [0.1, 0.15) is 47.4 Å². The summed E-state index contributed by atoms with van der Waals surface area (Å²) in [6.45, 7) is 3.92. The lowest BCUT2D eigenvalue weighted by atomic mass is 10.0. The van der Waals surface area contributed by atoms with Crippen LogP contribution in [0.5, 0.6) is 0 Å². The summed E-state index contributed by atoms with van der Waals surface area (Å²) < 4.78 is 0. The van der Waals surface area contributed by atoms with E-state index in [1.165, 1.54) is 18.2 Å². The zero-order chi connectivity index (χ0) is 20.0. The second-order valence-electron chi connectivity index (χ2n) is 6.03. The average Bonchev–Trinajstić information content (AvgIpc) is 2.63. The van der Waals surface area contributed by atoms with E-state index in [1.807, 2.05) is 13.8 Å². The first-order valence-corrected chi connectivity index (χ1v) is 8.98. The summed E-state index contributed by atoms with van der Waals surface area (Å²) >= 11 is 5.89. The van der Waals surface area contributed by atoms with E-state index in [9.17, 15) is 19.5 Å². The van der Waals surface area contributed by atoms with Crippen molar-refractivity contribution in [1.82, 2.24) is 0 Å². The van der Waals surface area contributed by atoms with Gasteiger partial charge in [0.2, 0.25) is 5.91 Å². The number of nitrogens with one attached hydrogen (secondary N) is 2. The number of carbonyl (C=O) groups is 3. The van der Waals surface area contributed by atoms with E-state index in [0.717, 1.165) is 12.8 Å². The second-order valence-corrected chi connectivity index (χ2v) is 6.47. The summed E-state index contributed by atoms with van der Waals surface area (Å²) in [6, 6.07) is 10.5. The first-order chi connectivity index (χ1) is 12.8. The van der Waals surface area contributed by atoms with Crippen molar-refractivity contribution in [3.63, 3.8) is 0 Å². The van der Waals surface area contributed by atoms with E-state index >= 15 is 0 Å². The van der Waals surface area contributed by atoms with Gasteiger partial charge in [-0.25, -0.2) is 4.79 Å². The van der Waals surface area contributed by atoms with Crippen LogP contribution in [-0.4, -0.2) is 22.9 Å². The number of amides is 2. The zero-order valence-corrected chi connectivity index (χ0v) is 15.8. The molecule has 0 saturated heterocycles.